The summed E-state index contributed by atoms with van der Waals surface area (Å²) in [6, 6.07) is 5.04. The second-order valence-corrected chi connectivity index (χ2v) is 8.67. The van der Waals surface area contributed by atoms with E-state index in [0.29, 0.717) is 40.6 Å². The fourth-order valence-electron chi connectivity index (χ4n) is 5.08. The van der Waals surface area contributed by atoms with Gasteiger partial charge in [0.25, 0.3) is 5.56 Å². The van der Waals surface area contributed by atoms with Gasteiger partial charge < -0.3 is 25.5 Å². The molecule has 3 aliphatic rings. The molecule has 0 radical (unpaired) electrons. The predicted molar refractivity (Wildman–Crippen MR) is 122 cm³/mol. The van der Waals surface area contributed by atoms with Crippen LogP contribution < -0.4 is 16.6 Å². The molecule has 166 valence electrons. The Morgan fingerprint density at radius 2 is 2.16 bits per heavy atom. The molecule has 32 heavy (non-hydrogen) atoms. The van der Waals surface area contributed by atoms with Gasteiger partial charge in [-0.25, -0.2) is 9.78 Å². The SMILES string of the molecule is CC[C@@]1(O)C(=O)OCc2c1cc1n(c2=O)Cc2c-1nc1ccc(Cl)c3c1c2C(N)CN3.Cl. The van der Waals surface area contributed by atoms with Gasteiger partial charge in [-0.2, -0.15) is 0 Å². The maximum absolute atomic E-state index is 13.4. The Hall–Kier alpha value is -2.65. The number of anilines is 1. The zero-order chi connectivity index (χ0) is 21.7. The van der Waals surface area contributed by atoms with Crippen LogP contribution in [0.1, 0.15) is 41.6 Å². The van der Waals surface area contributed by atoms with Crippen LogP contribution in [0.3, 0.4) is 0 Å². The molecule has 0 saturated heterocycles. The Morgan fingerprint density at radius 1 is 1.38 bits per heavy atom. The molecule has 0 amide bonds. The molecule has 10 heteroatoms. The van der Waals surface area contributed by atoms with Crippen molar-refractivity contribution in [2.75, 3.05) is 11.9 Å². The number of rotatable bonds is 1. The minimum atomic E-state index is -1.85. The molecule has 0 bridgehead atoms. The lowest BCUT2D eigenvalue weighted by Gasteiger charge is -2.31. The molecular formula is C22H20Cl2N4O4. The molecule has 6 rings (SSSR count). The van der Waals surface area contributed by atoms with Crippen LogP contribution >= 0.6 is 24.0 Å². The van der Waals surface area contributed by atoms with Crippen LogP contribution in [0.4, 0.5) is 5.69 Å². The number of carbonyl (C=O) groups excluding carboxylic acids is 1. The monoisotopic (exact) mass is 474 g/mol. The Balaban J connectivity index is 0.00000216. The number of aromatic nitrogens is 2. The third-order valence-electron chi connectivity index (χ3n) is 6.72. The summed E-state index contributed by atoms with van der Waals surface area (Å²) in [5.74, 6) is -0.737. The number of benzene rings is 1. The number of nitrogens with zero attached hydrogens (tertiary/aromatic N) is 2. The third kappa shape index (κ3) is 2.49. The van der Waals surface area contributed by atoms with E-state index < -0.39 is 11.6 Å². The number of nitrogens with one attached hydrogen (secondary N) is 1. The lowest BCUT2D eigenvalue weighted by Crippen LogP contribution is -2.44. The molecule has 2 aromatic heterocycles. The molecular weight excluding hydrogens is 455 g/mol. The molecule has 5 heterocycles. The van der Waals surface area contributed by atoms with Crippen molar-refractivity contribution in [1.29, 1.82) is 0 Å². The van der Waals surface area contributed by atoms with Crippen LogP contribution in [0.2, 0.25) is 5.02 Å². The molecule has 1 aromatic carbocycles. The van der Waals surface area contributed by atoms with Crippen molar-refractivity contribution in [2.45, 2.75) is 38.1 Å². The lowest BCUT2D eigenvalue weighted by atomic mass is 9.86. The Bertz CT molecular complexity index is 1400. The topological polar surface area (TPSA) is 119 Å². The Labute approximate surface area is 193 Å². The van der Waals surface area contributed by atoms with E-state index in [0.717, 1.165) is 27.7 Å². The number of carbonyl (C=O) groups is 1. The first-order valence-electron chi connectivity index (χ1n) is 10.2. The van der Waals surface area contributed by atoms with Crippen LogP contribution in [0.15, 0.2) is 23.0 Å². The molecule has 0 aliphatic carbocycles. The third-order valence-corrected chi connectivity index (χ3v) is 7.03. The molecule has 3 aliphatic heterocycles. The summed E-state index contributed by atoms with van der Waals surface area (Å²) in [5.41, 5.74) is 9.47. The zero-order valence-electron chi connectivity index (χ0n) is 17.1. The van der Waals surface area contributed by atoms with Gasteiger partial charge in [-0.15, -0.1) is 12.4 Å². The second-order valence-electron chi connectivity index (χ2n) is 8.26. The predicted octanol–water partition coefficient (Wildman–Crippen LogP) is 2.58. The number of nitrogens with two attached hydrogens (primary N) is 1. The number of hydrogen-bond donors (Lipinski definition) is 3. The minimum Gasteiger partial charge on any atom is -0.458 e. The van der Waals surface area contributed by atoms with Gasteiger partial charge in [-0.3, -0.25) is 4.79 Å². The number of fused-ring (bicyclic) bond motifs is 5. The van der Waals surface area contributed by atoms with Gasteiger partial charge in [0.1, 0.15) is 6.61 Å². The maximum atomic E-state index is 13.4. The quantitative estimate of drug-likeness (QED) is 0.362. The van der Waals surface area contributed by atoms with Gasteiger partial charge in [0, 0.05) is 29.1 Å². The molecule has 8 nitrogen and oxygen atoms in total. The van der Waals surface area contributed by atoms with Crippen LogP contribution in [0.5, 0.6) is 0 Å². The highest BCUT2D eigenvalue weighted by molar-refractivity contribution is 6.35. The fourth-order valence-corrected chi connectivity index (χ4v) is 5.30. The van der Waals surface area contributed by atoms with Gasteiger partial charge in [0.2, 0.25) is 0 Å². The first kappa shape index (κ1) is 21.2. The summed E-state index contributed by atoms with van der Waals surface area (Å²) in [6.45, 7) is 2.36. The molecule has 0 fully saturated rings. The average molecular weight is 475 g/mol. The van der Waals surface area contributed by atoms with E-state index in [1.54, 1.807) is 23.6 Å². The first-order valence-corrected chi connectivity index (χ1v) is 10.5. The van der Waals surface area contributed by atoms with Crippen LogP contribution in [0, 0.1) is 0 Å². The number of hydrogen-bond acceptors (Lipinski definition) is 7. The second kappa shape index (κ2) is 6.92. The Kier molecular flexibility index (Phi) is 4.59. The van der Waals surface area contributed by atoms with E-state index >= 15 is 0 Å². The van der Waals surface area contributed by atoms with Crippen molar-refractivity contribution in [3.8, 4) is 11.4 Å². The van der Waals surface area contributed by atoms with Crippen molar-refractivity contribution in [2.24, 2.45) is 5.73 Å². The highest BCUT2D eigenvalue weighted by Gasteiger charge is 2.45. The Morgan fingerprint density at radius 3 is 2.91 bits per heavy atom. The van der Waals surface area contributed by atoms with E-state index in [4.69, 9.17) is 27.1 Å². The van der Waals surface area contributed by atoms with Crippen LogP contribution in [-0.2, 0) is 28.3 Å². The van der Waals surface area contributed by atoms with E-state index in [-0.39, 0.29) is 37.0 Å². The largest absolute Gasteiger partial charge is 0.458 e. The summed E-state index contributed by atoms with van der Waals surface area (Å²) in [7, 11) is 0. The van der Waals surface area contributed by atoms with E-state index in [9.17, 15) is 14.7 Å². The van der Waals surface area contributed by atoms with Crippen molar-refractivity contribution in [1.82, 2.24) is 9.55 Å². The molecule has 2 atom stereocenters. The van der Waals surface area contributed by atoms with Crippen molar-refractivity contribution < 1.29 is 14.6 Å². The van der Waals surface area contributed by atoms with E-state index in [2.05, 4.69) is 5.32 Å². The van der Waals surface area contributed by atoms with Crippen LogP contribution in [0.25, 0.3) is 22.3 Å². The number of esters is 1. The van der Waals surface area contributed by atoms with Crippen molar-refractivity contribution in [3.63, 3.8) is 0 Å². The number of cyclic esters (lactones) is 1. The van der Waals surface area contributed by atoms with E-state index in [1.165, 1.54) is 0 Å². The first-order chi connectivity index (χ1) is 14.8. The molecule has 1 unspecified atom stereocenters. The minimum absolute atomic E-state index is 0. The summed E-state index contributed by atoms with van der Waals surface area (Å²) in [5, 5.41) is 15.8. The van der Waals surface area contributed by atoms with Gasteiger partial charge >= 0.3 is 5.97 Å². The standard InChI is InChI=1S/C22H19ClN4O4.ClH/c1-2-22(30)11-5-15-18-9(7-27(15)20(28)10(11)8-31-21(22)29)16-13(24)6-25-19-12(23)3-4-14(26-18)17(16)19;/h3-5,13,25,30H,2,6-8,24H2,1H3;1H/t13?,22-;/m0./s1. The smallest absolute Gasteiger partial charge is 0.343 e. The highest BCUT2D eigenvalue weighted by Crippen LogP contribution is 2.45. The number of pyridine rings is 2. The molecule has 0 saturated carbocycles. The average Bonchev–Trinajstić information content (AvgIpc) is 3.13. The molecule has 0 spiro atoms. The van der Waals surface area contributed by atoms with Gasteiger partial charge in [-0.05, 0) is 30.2 Å². The molecule has 3 aromatic rings. The van der Waals surface area contributed by atoms with Gasteiger partial charge in [-0.1, -0.05) is 18.5 Å². The van der Waals surface area contributed by atoms with Crippen molar-refractivity contribution in [3.05, 3.63) is 55.8 Å². The molecule has 4 N–H and O–H groups in total. The summed E-state index contributed by atoms with van der Waals surface area (Å²) in [4.78, 5) is 30.5. The zero-order valence-corrected chi connectivity index (χ0v) is 18.6. The van der Waals surface area contributed by atoms with Crippen molar-refractivity contribution >= 4 is 46.6 Å². The van der Waals surface area contributed by atoms with Gasteiger partial charge in [0.15, 0.2) is 5.60 Å². The summed E-state index contributed by atoms with van der Waals surface area (Å²) < 4.78 is 6.75. The van der Waals surface area contributed by atoms with Gasteiger partial charge in [0.05, 0.1) is 39.7 Å². The highest BCUT2D eigenvalue weighted by atomic mass is 35.5. The number of halogens is 2. The van der Waals surface area contributed by atoms with E-state index in [1.807, 2.05) is 6.07 Å². The summed E-state index contributed by atoms with van der Waals surface area (Å²) in [6.07, 6.45) is 0.101. The normalized spacial score (nSPS) is 22.4. The van der Waals surface area contributed by atoms with Crippen LogP contribution in [-0.4, -0.2) is 27.2 Å². The number of ether oxygens (including phenoxy) is 1. The summed E-state index contributed by atoms with van der Waals surface area (Å²) >= 11 is 6.41. The lowest BCUT2D eigenvalue weighted by molar-refractivity contribution is -0.172. The number of aliphatic hydroxyl groups is 1. The fraction of sp³-hybridized carbons (Fsp3) is 0.318. The maximum Gasteiger partial charge on any atom is 0.343 e.